The van der Waals surface area contributed by atoms with Gasteiger partial charge in [-0.1, -0.05) is 18.2 Å². The molecule has 0 aliphatic rings. The van der Waals surface area contributed by atoms with Crippen molar-refractivity contribution in [1.82, 2.24) is 9.97 Å². The highest BCUT2D eigenvalue weighted by Gasteiger charge is 2.15. The third-order valence-corrected chi connectivity index (χ3v) is 4.28. The average molecular weight is 343 g/mol. The molecule has 4 rings (SSSR count). The zero-order valence-electron chi connectivity index (χ0n) is 14.5. The van der Waals surface area contributed by atoms with Gasteiger partial charge in [-0.25, -0.2) is 0 Å². The minimum atomic E-state index is -0.0986. The number of rotatable bonds is 3. The minimum Gasteiger partial charge on any atom is -0.438 e. The average Bonchev–Trinajstić information content (AvgIpc) is 2.67. The number of aryl methyl sites for hydroxylation is 1. The van der Waals surface area contributed by atoms with Crippen LogP contribution in [0.4, 0.5) is 11.6 Å². The van der Waals surface area contributed by atoms with Gasteiger partial charge >= 0.3 is 0 Å². The van der Waals surface area contributed by atoms with Crippen LogP contribution in [-0.2, 0) is 0 Å². The highest BCUT2D eigenvalue weighted by atomic mass is 16.4. The van der Waals surface area contributed by atoms with Gasteiger partial charge in [-0.15, -0.1) is 0 Å². The van der Waals surface area contributed by atoms with Gasteiger partial charge < -0.3 is 9.32 Å². The van der Waals surface area contributed by atoms with E-state index in [-0.39, 0.29) is 5.43 Å². The number of benzene rings is 1. The van der Waals surface area contributed by atoms with Crippen molar-refractivity contribution in [1.29, 1.82) is 0 Å². The van der Waals surface area contributed by atoms with Crippen LogP contribution in [0.1, 0.15) is 5.69 Å². The molecule has 0 radical (unpaired) electrons. The van der Waals surface area contributed by atoms with E-state index in [1.165, 1.54) is 6.07 Å². The summed E-state index contributed by atoms with van der Waals surface area (Å²) in [5.74, 6) is 0.466. The summed E-state index contributed by atoms with van der Waals surface area (Å²) in [4.78, 5) is 23.2. The molecule has 0 bridgehead atoms. The van der Waals surface area contributed by atoms with Gasteiger partial charge in [0.2, 0.25) is 5.88 Å². The molecule has 0 saturated heterocycles. The second-order valence-corrected chi connectivity index (χ2v) is 6.07. The molecule has 0 saturated carbocycles. The lowest BCUT2D eigenvalue weighted by molar-refractivity contribution is 0.603. The summed E-state index contributed by atoms with van der Waals surface area (Å²) in [6.45, 7) is 1.92. The number of nitrogens with zero attached hydrogens (tertiary/aromatic N) is 3. The molecule has 26 heavy (non-hydrogen) atoms. The summed E-state index contributed by atoms with van der Waals surface area (Å²) < 4.78 is 6.13. The van der Waals surface area contributed by atoms with E-state index in [1.807, 2.05) is 61.3 Å². The fraction of sp³-hybridized carbons (Fsp3) is 0.0952. The molecule has 0 atom stereocenters. The van der Waals surface area contributed by atoms with Crippen LogP contribution in [0.25, 0.3) is 22.2 Å². The molecule has 0 amide bonds. The standard InChI is InChI=1S/C21H17N3O2/c1-14-12-15(8-10-22-14)20-21-17(9-11-23-20)18(25)13-19(26-21)24(2)16-6-4-3-5-7-16/h3-13H,1-2H3. The van der Waals surface area contributed by atoms with Crippen LogP contribution in [0.3, 0.4) is 0 Å². The molecule has 0 N–H and O–H groups in total. The molecule has 0 aliphatic heterocycles. The summed E-state index contributed by atoms with van der Waals surface area (Å²) in [6.07, 6.45) is 3.36. The van der Waals surface area contributed by atoms with E-state index in [4.69, 9.17) is 4.42 Å². The smallest absolute Gasteiger partial charge is 0.204 e. The van der Waals surface area contributed by atoms with E-state index in [0.717, 1.165) is 16.9 Å². The Morgan fingerprint density at radius 1 is 0.962 bits per heavy atom. The van der Waals surface area contributed by atoms with Crippen LogP contribution >= 0.6 is 0 Å². The molecule has 3 aromatic heterocycles. The van der Waals surface area contributed by atoms with Crippen LogP contribution in [-0.4, -0.2) is 17.0 Å². The first-order chi connectivity index (χ1) is 12.6. The molecule has 4 aromatic rings. The van der Waals surface area contributed by atoms with Gasteiger partial charge in [0.1, 0.15) is 5.69 Å². The fourth-order valence-electron chi connectivity index (χ4n) is 2.91. The van der Waals surface area contributed by atoms with Gasteiger partial charge in [0.15, 0.2) is 11.0 Å². The van der Waals surface area contributed by atoms with Gasteiger partial charge in [-0.3, -0.25) is 14.8 Å². The first kappa shape index (κ1) is 16.0. The molecule has 3 heterocycles. The number of para-hydroxylation sites is 1. The summed E-state index contributed by atoms with van der Waals surface area (Å²) in [7, 11) is 1.87. The monoisotopic (exact) mass is 343 g/mol. The molecular weight excluding hydrogens is 326 g/mol. The van der Waals surface area contributed by atoms with E-state index < -0.39 is 0 Å². The summed E-state index contributed by atoms with van der Waals surface area (Å²) in [5.41, 5.74) is 3.68. The van der Waals surface area contributed by atoms with Gasteiger partial charge in [0, 0.05) is 42.5 Å². The van der Waals surface area contributed by atoms with Gasteiger partial charge in [0.25, 0.3) is 0 Å². The van der Waals surface area contributed by atoms with Crippen molar-refractivity contribution in [3.63, 3.8) is 0 Å². The van der Waals surface area contributed by atoms with Crippen molar-refractivity contribution in [3.05, 3.63) is 82.9 Å². The number of fused-ring (bicyclic) bond motifs is 1. The Balaban J connectivity index is 1.93. The lowest BCUT2D eigenvalue weighted by Crippen LogP contribution is -2.13. The first-order valence-corrected chi connectivity index (χ1v) is 8.28. The number of pyridine rings is 2. The van der Waals surface area contributed by atoms with Crippen LogP contribution in [0, 0.1) is 6.92 Å². The normalized spacial score (nSPS) is 10.8. The molecule has 5 heteroatoms. The third kappa shape index (κ3) is 2.84. The largest absolute Gasteiger partial charge is 0.438 e. The Morgan fingerprint density at radius 2 is 1.73 bits per heavy atom. The topological polar surface area (TPSA) is 59.2 Å². The number of hydrogen-bond donors (Lipinski definition) is 0. The molecule has 128 valence electrons. The van der Waals surface area contributed by atoms with Crippen LogP contribution < -0.4 is 10.3 Å². The van der Waals surface area contributed by atoms with Crippen molar-refractivity contribution in [2.45, 2.75) is 6.92 Å². The quantitative estimate of drug-likeness (QED) is 0.554. The second-order valence-electron chi connectivity index (χ2n) is 6.07. The lowest BCUT2D eigenvalue weighted by Gasteiger charge is -2.18. The summed E-state index contributed by atoms with van der Waals surface area (Å²) in [6, 6.07) is 16.7. The Labute approximate surface area is 150 Å². The van der Waals surface area contributed by atoms with Crippen LogP contribution in [0.5, 0.6) is 0 Å². The summed E-state index contributed by atoms with van der Waals surface area (Å²) in [5, 5.41) is 0.509. The third-order valence-electron chi connectivity index (χ3n) is 4.28. The van der Waals surface area contributed by atoms with Gasteiger partial charge in [-0.2, -0.15) is 0 Å². The number of anilines is 2. The molecule has 1 aromatic carbocycles. The molecular formula is C21H17N3O2. The Kier molecular flexibility index (Phi) is 3.97. The van der Waals surface area contributed by atoms with Crippen LogP contribution in [0.15, 0.2) is 76.2 Å². The zero-order chi connectivity index (χ0) is 18.1. The maximum Gasteiger partial charge on any atom is 0.204 e. The highest BCUT2D eigenvalue weighted by Crippen LogP contribution is 2.30. The molecule has 0 unspecified atom stereocenters. The van der Waals surface area contributed by atoms with Crippen molar-refractivity contribution < 1.29 is 4.42 Å². The van der Waals surface area contributed by atoms with Crippen molar-refractivity contribution in [2.24, 2.45) is 0 Å². The van der Waals surface area contributed by atoms with Crippen molar-refractivity contribution in [2.75, 3.05) is 11.9 Å². The van der Waals surface area contributed by atoms with E-state index in [2.05, 4.69) is 9.97 Å². The zero-order valence-corrected chi connectivity index (χ0v) is 14.5. The lowest BCUT2D eigenvalue weighted by atomic mass is 10.1. The molecule has 0 spiro atoms. The first-order valence-electron chi connectivity index (χ1n) is 8.28. The maximum atomic E-state index is 12.7. The molecule has 0 fully saturated rings. The fourth-order valence-corrected chi connectivity index (χ4v) is 2.91. The Morgan fingerprint density at radius 3 is 2.50 bits per heavy atom. The minimum absolute atomic E-state index is 0.0986. The van der Waals surface area contributed by atoms with Gasteiger partial charge in [0.05, 0.1) is 5.39 Å². The summed E-state index contributed by atoms with van der Waals surface area (Å²) >= 11 is 0. The number of hydrogen-bond acceptors (Lipinski definition) is 5. The number of aromatic nitrogens is 2. The maximum absolute atomic E-state index is 12.7. The molecule has 0 aliphatic carbocycles. The Hall–Kier alpha value is -3.47. The second kappa shape index (κ2) is 6.44. The highest BCUT2D eigenvalue weighted by molar-refractivity contribution is 5.90. The van der Waals surface area contributed by atoms with E-state index >= 15 is 0 Å². The van der Waals surface area contributed by atoms with E-state index in [9.17, 15) is 4.79 Å². The van der Waals surface area contributed by atoms with Crippen molar-refractivity contribution in [3.8, 4) is 11.3 Å². The van der Waals surface area contributed by atoms with Crippen LogP contribution in [0.2, 0.25) is 0 Å². The predicted octanol–water partition coefficient (Wildman–Crippen LogP) is 4.33. The predicted molar refractivity (Wildman–Crippen MR) is 103 cm³/mol. The van der Waals surface area contributed by atoms with E-state index in [0.29, 0.717) is 22.5 Å². The molecule has 5 nitrogen and oxygen atoms in total. The SMILES string of the molecule is Cc1cc(-c2nccc3c(=O)cc(N(C)c4ccccc4)oc23)ccn1. The van der Waals surface area contributed by atoms with E-state index in [1.54, 1.807) is 18.5 Å². The van der Waals surface area contributed by atoms with Crippen molar-refractivity contribution >= 4 is 22.5 Å². The van der Waals surface area contributed by atoms with Gasteiger partial charge in [-0.05, 0) is 37.3 Å². The Bertz CT molecular complexity index is 1140.